The van der Waals surface area contributed by atoms with E-state index < -0.39 is 0 Å². The lowest BCUT2D eigenvalue weighted by molar-refractivity contribution is 0.0682. The van der Waals surface area contributed by atoms with Crippen LogP contribution in [0.25, 0.3) is 11.0 Å². The molecule has 1 atom stereocenters. The summed E-state index contributed by atoms with van der Waals surface area (Å²) >= 11 is 0. The molecule has 134 valence electrons. The number of likely N-dealkylation sites (N-methyl/N-ethyl adjacent to an activating group) is 2. The van der Waals surface area contributed by atoms with Crippen LogP contribution in [0.3, 0.4) is 0 Å². The van der Waals surface area contributed by atoms with E-state index in [1.807, 2.05) is 42.5 Å². The van der Waals surface area contributed by atoms with Gasteiger partial charge in [0.1, 0.15) is 17.4 Å². The zero-order valence-corrected chi connectivity index (χ0v) is 15.0. The lowest BCUT2D eigenvalue weighted by atomic mass is 10.1. The standard InChI is InChI=1S/C21H22N2O3/c1-3-23-14-16(25-19-11-7-5-9-17(19)23)13-22(2)21(24)20-12-15-8-4-6-10-18(15)26-20/h4-12,16H,3,13-14H2,1-2H3/t16-/m0/s1. The molecule has 0 saturated carbocycles. The Bertz CT molecular complexity index is 901. The Morgan fingerprint density at radius 2 is 1.96 bits per heavy atom. The second-order valence-corrected chi connectivity index (χ2v) is 6.58. The molecule has 0 aliphatic carbocycles. The van der Waals surface area contributed by atoms with Crippen LogP contribution in [0.5, 0.6) is 5.75 Å². The lowest BCUT2D eigenvalue weighted by Gasteiger charge is -2.37. The molecule has 3 aromatic rings. The van der Waals surface area contributed by atoms with Crippen LogP contribution in [0.15, 0.2) is 59.0 Å². The van der Waals surface area contributed by atoms with Gasteiger partial charge in [-0.25, -0.2) is 0 Å². The van der Waals surface area contributed by atoms with Crippen LogP contribution in [-0.4, -0.2) is 43.6 Å². The molecule has 26 heavy (non-hydrogen) atoms. The molecule has 0 saturated heterocycles. The van der Waals surface area contributed by atoms with Crippen LogP contribution in [0.2, 0.25) is 0 Å². The summed E-state index contributed by atoms with van der Waals surface area (Å²) in [6, 6.07) is 17.5. The van der Waals surface area contributed by atoms with Crippen LogP contribution >= 0.6 is 0 Å². The van der Waals surface area contributed by atoms with Crippen LogP contribution in [0.4, 0.5) is 5.69 Å². The third kappa shape index (κ3) is 3.01. The molecule has 0 bridgehead atoms. The number of amides is 1. The molecule has 0 unspecified atom stereocenters. The van der Waals surface area contributed by atoms with Gasteiger partial charge in [0.2, 0.25) is 0 Å². The fourth-order valence-electron chi connectivity index (χ4n) is 3.44. The number of anilines is 1. The summed E-state index contributed by atoms with van der Waals surface area (Å²) in [5, 5.41) is 0.934. The first-order chi connectivity index (χ1) is 12.7. The summed E-state index contributed by atoms with van der Waals surface area (Å²) in [5.74, 6) is 1.10. The number of rotatable bonds is 4. The van der Waals surface area contributed by atoms with E-state index in [4.69, 9.17) is 9.15 Å². The third-order valence-corrected chi connectivity index (χ3v) is 4.77. The highest BCUT2D eigenvalue weighted by Crippen LogP contribution is 2.33. The Kier molecular flexibility index (Phi) is 4.29. The predicted molar refractivity (Wildman–Crippen MR) is 102 cm³/mol. The molecule has 0 N–H and O–H groups in total. The van der Waals surface area contributed by atoms with Crippen molar-refractivity contribution < 1.29 is 13.9 Å². The molecular weight excluding hydrogens is 328 g/mol. The topological polar surface area (TPSA) is 45.9 Å². The van der Waals surface area contributed by atoms with Crippen molar-refractivity contribution in [3.8, 4) is 5.75 Å². The predicted octanol–water partition coefficient (Wildman–Crippen LogP) is 3.79. The van der Waals surface area contributed by atoms with Gasteiger partial charge in [0, 0.05) is 19.0 Å². The van der Waals surface area contributed by atoms with Crippen molar-refractivity contribution in [3.63, 3.8) is 0 Å². The molecule has 1 aliphatic heterocycles. The average molecular weight is 350 g/mol. The lowest BCUT2D eigenvalue weighted by Crippen LogP contribution is -2.46. The second-order valence-electron chi connectivity index (χ2n) is 6.58. The van der Waals surface area contributed by atoms with E-state index in [0.29, 0.717) is 12.3 Å². The summed E-state index contributed by atoms with van der Waals surface area (Å²) in [5.41, 5.74) is 1.83. The zero-order chi connectivity index (χ0) is 18.1. The van der Waals surface area contributed by atoms with Gasteiger partial charge in [0.05, 0.1) is 18.8 Å². The number of furan rings is 1. The fourth-order valence-corrected chi connectivity index (χ4v) is 3.44. The van der Waals surface area contributed by atoms with Crippen LogP contribution in [0.1, 0.15) is 17.5 Å². The SMILES string of the molecule is CCN1C[C@H](CN(C)C(=O)c2cc3ccccc3o2)Oc2ccccc21. The molecule has 0 spiro atoms. The second kappa shape index (κ2) is 6.75. The van der Waals surface area contributed by atoms with Gasteiger partial charge in [-0.1, -0.05) is 30.3 Å². The Hall–Kier alpha value is -2.95. The van der Waals surface area contributed by atoms with E-state index >= 15 is 0 Å². The number of carbonyl (C=O) groups is 1. The van der Waals surface area contributed by atoms with Crippen molar-refractivity contribution in [1.82, 2.24) is 4.90 Å². The first-order valence-electron chi connectivity index (χ1n) is 8.90. The highest BCUT2D eigenvalue weighted by molar-refractivity contribution is 5.96. The van der Waals surface area contributed by atoms with Crippen molar-refractivity contribution in [3.05, 3.63) is 60.4 Å². The minimum atomic E-state index is -0.133. The van der Waals surface area contributed by atoms with Gasteiger partial charge >= 0.3 is 0 Å². The van der Waals surface area contributed by atoms with E-state index in [2.05, 4.69) is 17.9 Å². The number of fused-ring (bicyclic) bond motifs is 2. The molecule has 0 fully saturated rings. The average Bonchev–Trinajstić information content (AvgIpc) is 3.10. The van der Waals surface area contributed by atoms with E-state index in [-0.39, 0.29) is 12.0 Å². The molecule has 0 radical (unpaired) electrons. The molecule has 5 heteroatoms. The molecule has 5 nitrogen and oxygen atoms in total. The largest absolute Gasteiger partial charge is 0.485 e. The first-order valence-corrected chi connectivity index (χ1v) is 8.90. The van der Waals surface area contributed by atoms with E-state index in [1.165, 1.54) is 0 Å². The molecule has 1 aromatic heterocycles. The quantitative estimate of drug-likeness (QED) is 0.718. The summed E-state index contributed by atoms with van der Waals surface area (Å²) in [4.78, 5) is 16.7. The van der Waals surface area contributed by atoms with Crippen molar-refractivity contribution in [2.45, 2.75) is 13.0 Å². The highest BCUT2D eigenvalue weighted by atomic mass is 16.5. The summed E-state index contributed by atoms with van der Waals surface area (Å²) in [6.07, 6.45) is -0.0804. The smallest absolute Gasteiger partial charge is 0.289 e. The van der Waals surface area contributed by atoms with Crippen molar-refractivity contribution >= 4 is 22.6 Å². The van der Waals surface area contributed by atoms with Gasteiger partial charge in [-0.15, -0.1) is 0 Å². The highest BCUT2D eigenvalue weighted by Gasteiger charge is 2.27. The number of para-hydroxylation sites is 3. The van der Waals surface area contributed by atoms with Crippen molar-refractivity contribution in [1.29, 1.82) is 0 Å². The van der Waals surface area contributed by atoms with Gasteiger partial charge in [0.25, 0.3) is 5.91 Å². The monoisotopic (exact) mass is 350 g/mol. The maximum absolute atomic E-state index is 12.7. The molecule has 4 rings (SSSR count). The van der Waals surface area contributed by atoms with Gasteiger partial charge in [0.15, 0.2) is 5.76 Å². The van der Waals surface area contributed by atoms with Crippen LogP contribution in [-0.2, 0) is 0 Å². The van der Waals surface area contributed by atoms with E-state index in [0.717, 1.165) is 35.5 Å². The minimum absolute atomic E-state index is 0.0804. The molecular formula is C21H22N2O3. The number of benzene rings is 2. The fraction of sp³-hybridized carbons (Fsp3) is 0.286. The maximum Gasteiger partial charge on any atom is 0.289 e. The Labute approximate surface area is 152 Å². The van der Waals surface area contributed by atoms with Crippen LogP contribution in [0, 0.1) is 0 Å². The number of hydrogen-bond acceptors (Lipinski definition) is 4. The van der Waals surface area contributed by atoms with Crippen molar-refractivity contribution in [2.75, 3.05) is 31.6 Å². The van der Waals surface area contributed by atoms with E-state index in [9.17, 15) is 4.79 Å². The van der Waals surface area contributed by atoms with Gasteiger partial charge in [-0.05, 0) is 31.2 Å². The first kappa shape index (κ1) is 16.5. The van der Waals surface area contributed by atoms with Gasteiger partial charge < -0.3 is 19.0 Å². The Morgan fingerprint density at radius 3 is 2.77 bits per heavy atom. The maximum atomic E-state index is 12.7. The van der Waals surface area contributed by atoms with Crippen molar-refractivity contribution in [2.24, 2.45) is 0 Å². The summed E-state index contributed by atoms with van der Waals surface area (Å²) in [6.45, 7) is 4.28. The molecule has 2 aromatic carbocycles. The number of ether oxygens (including phenoxy) is 1. The minimum Gasteiger partial charge on any atom is -0.485 e. The van der Waals surface area contributed by atoms with Gasteiger partial charge in [-0.2, -0.15) is 0 Å². The van der Waals surface area contributed by atoms with E-state index in [1.54, 1.807) is 18.0 Å². The molecule has 2 heterocycles. The summed E-state index contributed by atoms with van der Waals surface area (Å²) < 4.78 is 11.8. The van der Waals surface area contributed by atoms with Gasteiger partial charge in [-0.3, -0.25) is 4.79 Å². The molecule has 1 amide bonds. The number of carbonyl (C=O) groups excluding carboxylic acids is 1. The number of hydrogen-bond donors (Lipinski definition) is 0. The zero-order valence-electron chi connectivity index (χ0n) is 15.0. The summed E-state index contributed by atoms with van der Waals surface area (Å²) in [7, 11) is 1.79. The normalized spacial score (nSPS) is 16.2. The number of nitrogens with zero attached hydrogens (tertiary/aromatic N) is 2. The Balaban J connectivity index is 1.49. The molecule has 1 aliphatic rings. The third-order valence-electron chi connectivity index (χ3n) is 4.77. The van der Waals surface area contributed by atoms with Crippen LogP contribution < -0.4 is 9.64 Å². The Morgan fingerprint density at radius 1 is 1.19 bits per heavy atom.